The number of hydrogen-bond donors (Lipinski definition) is 1. The van der Waals surface area contributed by atoms with Crippen molar-refractivity contribution in [2.75, 3.05) is 0 Å². The predicted octanol–water partition coefficient (Wildman–Crippen LogP) is 1.74. The molecule has 0 unspecified atom stereocenters. The van der Waals surface area contributed by atoms with Crippen LogP contribution in [0.15, 0.2) is 24.5 Å². The minimum absolute atomic E-state index is 0.473. The lowest BCUT2D eigenvalue weighted by molar-refractivity contribution is -0.155. The fourth-order valence-corrected chi connectivity index (χ4v) is 1.87. The number of aliphatic carboxylic acids is 1. The molecule has 0 spiro atoms. The van der Waals surface area contributed by atoms with Gasteiger partial charge < -0.3 is 9.67 Å². The average Bonchev–Trinajstić information content (AvgIpc) is 2.47. The molecule has 1 fully saturated rings. The van der Waals surface area contributed by atoms with Crippen LogP contribution in [0.2, 0.25) is 0 Å². The molecule has 3 heteroatoms. The molecule has 70 valence electrons. The number of carboxylic acid groups (broad SMARTS) is 1. The summed E-state index contributed by atoms with van der Waals surface area (Å²) in [5, 5.41) is 9.07. The molecule has 1 aromatic heterocycles. The summed E-state index contributed by atoms with van der Waals surface area (Å²) >= 11 is 0. The largest absolute Gasteiger partial charge is 0.481 e. The monoisotopic (exact) mass is 179 g/mol. The van der Waals surface area contributed by atoms with Crippen molar-refractivity contribution in [3.8, 4) is 0 Å². The smallest absolute Gasteiger partial charge is 0.311 e. The van der Waals surface area contributed by atoms with Gasteiger partial charge in [-0.15, -0.1) is 0 Å². The van der Waals surface area contributed by atoms with Gasteiger partial charge in [-0.2, -0.15) is 0 Å². The van der Waals surface area contributed by atoms with Crippen LogP contribution in [0.4, 0.5) is 0 Å². The zero-order valence-corrected chi connectivity index (χ0v) is 7.44. The minimum Gasteiger partial charge on any atom is -0.481 e. The van der Waals surface area contributed by atoms with Crippen LogP contribution in [0.5, 0.6) is 0 Å². The van der Waals surface area contributed by atoms with E-state index in [1.807, 2.05) is 29.1 Å². The van der Waals surface area contributed by atoms with Crippen molar-refractivity contribution in [2.45, 2.75) is 25.8 Å². The van der Waals surface area contributed by atoms with Crippen LogP contribution in [0.25, 0.3) is 0 Å². The highest BCUT2D eigenvalue weighted by Gasteiger charge is 2.44. The second kappa shape index (κ2) is 2.91. The Morgan fingerprint density at radius 3 is 2.38 bits per heavy atom. The maximum absolute atomic E-state index is 11.0. The molecule has 1 aromatic rings. The van der Waals surface area contributed by atoms with Crippen molar-refractivity contribution in [3.05, 3.63) is 24.5 Å². The van der Waals surface area contributed by atoms with E-state index in [0.717, 1.165) is 19.3 Å². The van der Waals surface area contributed by atoms with Gasteiger partial charge in [0.05, 0.1) is 5.41 Å². The highest BCUT2D eigenvalue weighted by atomic mass is 16.4. The molecule has 0 radical (unpaired) electrons. The van der Waals surface area contributed by atoms with E-state index >= 15 is 0 Å². The summed E-state index contributed by atoms with van der Waals surface area (Å²) in [6.45, 7) is 0.620. The SMILES string of the molecule is O=C(O)C1(Cn2cccc2)CCC1. The number of nitrogens with zero attached hydrogens (tertiary/aromatic N) is 1. The van der Waals surface area contributed by atoms with Gasteiger partial charge in [0.25, 0.3) is 0 Å². The fourth-order valence-electron chi connectivity index (χ4n) is 1.87. The molecule has 1 N–H and O–H groups in total. The molecule has 2 rings (SSSR count). The quantitative estimate of drug-likeness (QED) is 0.768. The van der Waals surface area contributed by atoms with Gasteiger partial charge >= 0.3 is 5.97 Å². The molecular weight excluding hydrogens is 166 g/mol. The topological polar surface area (TPSA) is 42.2 Å². The van der Waals surface area contributed by atoms with Crippen LogP contribution < -0.4 is 0 Å². The van der Waals surface area contributed by atoms with Gasteiger partial charge in [-0.1, -0.05) is 6.42 Å². The Hall–Kier alpha value is -1.25. The van der Waals surface area contributed by atoms with E-state index in [2.05, 4.69) is 0 Å². The number of aromatic nitrogens is 1. The third-order valence-corrected chi connectivity index (χ3v) is 2.92. The summed E-state index contributed by atoms with van der Waals surface area (Å²) < 4.78 is 1.95. The Kier molecular flexibility index (Phi) is 1.87. The lowest BCUT2D eigenvalue weighted by Crippen LogP contribution is -2.41. The van der Waals surface area contributed by atoms with E-state index in [0.29, 0.717) is 6.54 Å². The van der Waals surface area contributed by atoms with Crippen LogP contribution in [0.3, 0.4) is 0 Å². The molecule has 0 amide bonds. The summed E-state index contributed by atoms with van der Waals surface area (Å²) in [4.78, 5) is 11.0. The molecule has 13 heavy (non-hydrogen) atoms. The van der Waals surface area contributed by atoms with Crippen molar-refractivity contribution in [1.29, 1.82) is 0 Å². The van der Waals surface area contributed by atoms with Crippen molar-refractivity contribution in [1.82, 2.24) is 4.57 Å². The molecule has 1 saturated carbocycles. The van der Waals surface area contributed by atoms with Gasteiger partial charge in [0.1, 0.15) is 0 Å². The van der Waals surface area contributed by atoms with Crippen molar-refractivity contribution in [3.63, 3.8) is 0 Å². The van der Waals surface area contributed by atoms with Crippen LogP contribution in [-0.2, 0) is 11.3 Å². The minimum atomic E-state index is -0.646. The molecule has 1 aliphatic rings. The highest BCUT2D eigenvalue weighted by molar-refractivity contribution is 5.75. The molecule has 0 aliphatic heterocycles. The molecule has 0 atom stereocenters. The van der Waals surface area contributed by atoms with E-state index < -0.39 is 11.4 Å². The van der Waals surface area contributed by atoms with Gasteiger partial charge in [-0.05, 0) is 25.0 Å². The molecule has 3 nitrogen and oxygen atoms in total. The lowest BCUT2D eigenvalue weighted by atomic mass is 9.69. The molecular formula is C10H13NO2. The fraction of sp³-hybridized carbons (Fsp3) is 0.500. The Labute approximate surface area is 77.0 Å². The summed E-state index contributed by atoms with van der Waals surface area (Å²) in [6.07, 6.45) is 6.53. The normalized spacial score (nSPS) is 19.4. The van der Waals surface area contributed by atoms with E-state index in [1.165, 1.54) is 0 Å². The van der Waals surface area contributed by atoms with Gasteiger partial charge in [0.2, 0.25) is 0 Å². The van der Waals surface area contributed by atoms with Gasteiger partial charge in [0, 0.05) is 18.9 Å². The summed E-state index contributed by atoms with van der Waals surface area (Å²) in [5.74, 6) is -0.646. The van der Waals surface area contributed by atoms with E-state index in [9.17, 15) is 4.79 Å². The third kappa shape index (κ3) is 1.34. The molecule has 0 saturated heterocycles. The Balaban J connectivity index is 2.11. The second-order valence-corrected chi connectivity index (χ2v) is 3.79. The lowest BCUT2D eigenvalue weighted by Gasteiger charge is -2.37. The predicted molar refractivity (Wildman–Crippen MR) is 48.4 cm³/mol. The average molecular weight is 179 g/mol. The Bertz CT molecular complexity index is 299. The van der Waals surface area contributed by atoms with Crippen LogP contribution >= 0.6 is 0 Å². The van der Waals surface area contributed by atoms with Gasteiger partial charge in [-0.3, -0.25) is 4.79 Å². The summed E-state index contributed by atoms with van der Waals surface area (Å²) in [5.41, 5.74) is -0.473. The summed E-state index contributed by atoms with van der Waals surface area (Å²) in [7, 11) is 0. The van der Waals surface area contributed by atoms with E-state index in [-0.39, 0.29) is 0 Å². The highest BCUT2D eigenvalue weighted by Crippen LogP contribution is 2.42. The molecule has 0 bridgehead atoms. The van der Waals surface area contributed by atoms with Crippen molar-refractivity contribution in [2.24, 2.45) is 5.41 Å². The zero-order chi connectivity index (χ0) is 9.31. The first-order valence-corrected chi connectivity index (χ1v) is 4.57. The number of carboxylic acids is 1. The van der Waals surface area contributed by atoms with Gasteiger partial charge in [0.15, 0.2) is 0 Å². The zero-order valence-electron chi connectivity index (χ0n) is 7.44. The van der Waals surface area contributed by atoms with Crippen LogP contribution in [0, 0.1) is 5.41 Å². The first-order chi connectivity index (χ1) is 6.23. The first kappa shape index (κ1) is 8.35. The van der Waals surface area contributed by atoms with Crippen molar-refractivity contribution >= 4 is 5.97 Å². The first-order valence-electron chi connectivity index (χ1n) is 4.57. The maximum atomic E-state index is 11.0. The number of carbonyl (C=O) groups is 1. The van der Waals surface area contributed by atoms with E-state index in [1.54, 1.807) is 0 Å². The number of hydrogen-bond acceptors (Lipinski definition) is 1. The summed E-state index contributed by atoms with van der Waals surface area (Å²) in [6, 6.07) is 3.85. The second-order valence-electron chi connectivity index (χ2n) is 3.79. The number of rotatable bonds is 3. The van der Waals surface area contributed by atoms with Crippen LogP contribution in [-0.4, -0.2) is 15.6 Å². The third-order valence-electron chi connectivity index (χ3n) is 2.92. The molecule has 0 aromatic carbocycles. The standard InChI is InChI=1S/C10H13NO2/c12-9(13)10(4-3-5-10)8-11-6-1-2-7-11/h1-2,6-7H,3-5,8H2,(H,12,13). The maximum Gasteiger partial charge on any atom is 0.311 e. The molecule has 1 heterocycles. The van der Waals surface area contributed by atoms with Crippen LogP contribution in [0.1, 0.15) is 19.3 Å². The Morgan fingerprint density at radius 2 is 2.00 bits per heavy atom. The van der Waals surface area contributed by atoms with Gasteiger partial charge in [-0.25, -0.2) is 0 Å². The van der Waals surface area contributed by atoms with Crippen molar-refractivity contribution < 1.29 is 9.90 Å². The molecule has 1 aliphatic carbocycles. The van der Waals surface area contributed by atoms with E-state index in [4.69, 9.17) is 5.11 Å². The Morgan fingerprint density at radius 1 is 1.38 bits per heavy atom.